The molecule has 0 heterocycles. The van der Waals surface area contributed by atoms with Crippen LogP contribution in [0.15, 0.2) is 18.2 Å². The predicted molar refractivity (Wildman–Crippen MR) is 67.0 cm³/mol. The summed E-state index contributed by atoms with van der Waals surface area (Å²) in [5.74, 6) is 0.473. The Balaban J connectivity index is 0.00000225. The number of halogens is 1. The molecule has 1 rings (SSSR count). The number of likely N-dealkylation sites (N-methyl/N-ethyl adjacent to an activating group) is 1. The van der Waals surface area contributed by atoms with Crippen molar-refractivity contribution in [2.75, 3.05) is 26.4 Å². The van der Waals surface area contributed by atoms with Crippen LogP contribution in [-0.4, -0.2) is 31.5 Å². The van der Waals surface area contributed by atoms with Gasteiger partial charge in [0.1, 0.15) is 5.75 Å². The Morgan fingerprint density at radius 3 is 2.62 bits per heavy atom. The molecule has 0 bridgehead atoms. The third kappa shape index (κ3) is 3.98. The van der Waals surface area contributed by atoms with Gasteiger partial charge in [-0.1, -0.05) is 6.07 Å². The highest BCUT2D eigenvalue weighted by atomic mass is 35.5. The number of nitrogen functional groups attached to an aromatic ring is 1. The molecule has 0 aromatic heterocycles. The van der Waals surface area contributed by atoms with Crippen LogP contribution in [0.1, 0.15) is 5.56 Å². The number of amides is 1. The molecule has 0 aliphatic carbocycles. The fourth-order valence-corrected chi connectivity index (χ4v) is 1.04. The van der Waals surface area contributed by atoms with Gasteiger partial charge in [-0.05, 0) is 24.6 Å². The van der Waals surface area contributed by atoms with Gasteiger partial charge in [-0.2, -0.15) is 0 Å². The van der Waals surface area contributed by atoms with Crippen molar-refractivity contribution in [2.24, 2.45) is 0 Å². The summed E-state index contributed by atoms with van der Waals surface area (Å²) in [6.45, 7) is 1.96. The van der Waals surface area contributed by atoms with E-state index in [0.29, 0.717) is 11.4 Å². The minimum absolute atomic E-state index is 0. The minimum atomic E-state index is -0.0871. The molecule has 1 aromatic rings. The van der Waals surface area contributed by atoms with E-state index in [1.807, 2.05) is 19.1 Å². The average molecular weight is 245 g/mol. The second-order valence-corrected chi connectivity index (χ2v) is 3.62. The molecule has 16 heavy (non-hydrogen) atoms. The van der Waals surface area contributed by atoms with Crippen LogP contribution < -0.4 is 10.5 Å². The Bertz CT molecular complexity index is 367. The van der Waals surface area contributed by atoms with E-state index in [4.69, 9.17) is 10.5 Å². The van der Waals surface area contributed by atoms with Gasteiger partial charge in [-0.3, -0.25) is 4.79 Å². The molecule has 0 saturated heterocycles. The van der Waals surface area contributed by atoms with E-state index in [2.05, 4.69) is 0 Å². The molecule has 0 aliphatic heterocycles. The Kier molecular flexibility index (Phi) is 5.67. The van der Waals surface area contributed by atoms with Crippen LogP contribution in [0.4, 0.5) is 5.69 Å². The summed E-state index contributed by atoms with van der Waals surface area (Å²) >= 11 is 0. The van der Waals surface area contributed by atoms with Crippen molar-refractivity contribution in [3.05, 3.63) is 23.8 Å². The van der Waals surface area contributed by atoms with E-state index >= 15 is 0 Å². The van der Waals surface area contributed by atoms with E-state index < -0.39 is 0 Å². The van der Waals surface area contributed by atoms with Gasteiger partial charge in [-0.25, -0.2) is 0 Å². The summed E-state index contributed by atoms with van der Waals surface area (Å²) in [5, 5.41) is 0. The summed E-state index contributed by atoms with van der Waals surface area (Å²) in [6.07, 6.45) is 0. The SMILES string of the molecule is Cc1ccc(N)c(OCC(=O)N(C)C)c1.Cl. The number of benzene rings is 1. The van der Waals surface area contributed by atoms with Gasteiger partial charge in [0, 0.05) is 14.1 Å². The highest BCUT2D eigenvalue weighted by Crippen LogP contribution is 2.22. The second kappa shape index (κ2) is 6.23. The van der Waals surface area contributed by atoms with E-state index in [1.165, 1.54) is 4.90 Å². The van der Waals surface area contributed by atoms with Gasteiger partial charge < -0.3 is 15.4 Å². The first-order valence-corrected chi connectivity index (χ1v) is 4.70. The number of anilines is 1. The molecule has 0 aliphatic rings. The molecule has 0 saturated carbocycles. The zero-order valence-corrected chi connectivity index (χ0v) is 10.5. The van der Waals surface area contributed by atoms with Crippen molar-refractivity contribution in [3.8, 4) is 5.75 Å². The van der Waals surface area contributed by atoms with Gasteiger partial charge in [-0.15, -0.1) is 12.4 Å². The van der Waals surface area contributed by atoms with Crippen molar-refractivity contribution in [2.45, 2.75) is 6.92 Å². The first kappa shape index (κ1) is 14.6. The molecule has 0 spiro atoms. The summed E-state index contributed by atoms with van der Waals surface area (Å²) in [5.41, 5.74) is 7.30. The van der Waals surface area contributed by atoms with Crippen LogP contribution in [-0.2, 0) is 4.79 Å². The summed E-state index contributed by atoms with van der Waals surface area (Å²) in [6, 6.07) is 5.49. The van der Waals surface area contributed by atoms with E-state index in [-0.39, 0.29) is 24.9 Å². The van der Waals surface area contributed by atoms with Crippen LogP contribution in [0.2, 0.25) is 0 Å². The summed E-state index contributed by atoms with van der Waals surface area (Å²) in [4.78, 5) is 12.8. The van der Waals surface area contributed by atoms with Crippen molar-refractivity contribution in [3.63, 3.8) is 0 Å². The maximum absolute atomic E-state index is 11.3. The molecule has 1 amide bonds. The van der Waals surface area contributed by atoms with Crippen LogP contribution in [0.5, 0.6) is 5.75 Å². The highest BCUT2D eigenvalue weighted by Gasteiger charge is 2.06. The summed E-state index contributed by atoms with van der Waals surface area (Å²) < 4.78 is 5.32. The fourth-order valence-electron chi connectivity index (χ4n) is 1.04. The second-order valence-electron chi connectivity index (χ2n) is 3.62. The lowest BCUT2D eigenvalue weighted by Crippen LogP contribution is -2.27. The maximum atomic E-state index is 11.3. The van der Waals surface area contributed by atoms with E-state index in [0.717, 1.165) is 5.56 Å². The van der Waals surface area contributed by atoms with Gasteiger partial charge in [0.2, 0.25) is 0 Å². The van der Waals surface area contributed by atoms with Crippen molar-refractivity contribution in [1.82, 2.24) is 4.90 Å². The van der Waals surface area contributed by atoms with Gasteiger partial charge in [0.05, 0.1) is 5.69 Å². The number of rotatable bonds is 3. The monoisotopic (exact) mass is 244 g/mol. The number of ether oxygens (including phenoxy) is 1. The molecule has 5 heteroatoms. The molecular formula is C11H17ClN2O2. The molecule has 0 atom stereocenters. The molecular weight excluding hydrogens is 228 g/mol. The molecule has 90 valence electrons. The zero-order valence-electron chi connectivity index (χ0n) is 9.69. The molecule has 2 N–H and O–H groups in total. The third-order valence-corrected chi connectivity index (χ3v) is 2.02. The highest BCUT2D eigenvalue weighted by molar-refractivity contribution is 5.85. The number of carbonyl (C=O) groups is 1. The van der Waals surface area contributed by atoms with Crippen LogP contribution in [0.25, 0.3) is 0 Å². The topological polar surface area (TPSA) is 55.6 Å². The van der Waals surface area contributed by atoms with Gasteiger partial charge >= 0.3 is 0 Å². The Hall–Kier alpha value is -1.42. The molecule has 4 nitrogen and oxygen atoms in total. The smallest absolute Gasteiger partial charge is 0.259 e. The molecule has 0 radical (unpaired) electrons. The predicted octanol–water partition coefficient (Wildman–Crippen LogP) is 1.47. The van der Waals surface area contributed by atoms with Crippen LogP contribution in [0.3, 0.4) is 0 Å². The lowest BCUT2D eigenvalue weighted by atomic mass is 10.2. The maximum Gasteiger partial charge on any atom is 0.259 e. The van der Waals surface area contributed by atoms with Crippen molar-refractivity contribution < 1.29 is 9.53 Å². The minimum Gasteiger partial charge on any atom is -0.482 e. The largest absolute Gasteiger partial charge is 0.482 e. The standard InChI is InChI=1S/C11H16N2O2.ClH/c1-8-4-5-9(12)10(6-8)15-7-11(14)13(2)3;/h4-6H,7,12H2,1-3H3;1H. The van der Waals surface area contributed by atoms with Crippen molar-refractivity contribution in [1.29, 1.82) is 0 Å². The average Bonchev–Trinajstić information content (AvgIpc) is 2.18. The lowest BCUT2D eigenvalue weighted by Gasteiger charge is -2.12. The normalized spacial score (nSPS) is 9.19. The number of aryl methyl sites for hydroxylation is 1. The van der Waals surface area contributed by atoms with E-state index in [9.17, 15) is 4.79 Å². The summed E-state index contributed by atoms with van der Waals surface area (Å²) in [7, 11) is 3.37. The van der Waals surface area contributed by atoms with Crippen molar-refractivity contribution >= 4 is 24.0 Å². The first-order chi connectivity index (χ1) is 7.00. The fraction of sp³-hybridized carbons (Fsp3) is 0.364. The molecule has 1 aromatic carbocycles. The zero-order chi connectivity index (χ0) is 11.4. The lowest BCUT2D eigenvalue weighted by molar-refractivity contribution is -0.130. The Labute approximate surface area is 102 Å². The van der Waals surface area contributed by atoms with Gasteiger partial charge in [0.15, 0.2) is 6.61 Å². The number of nitrogens with zero attached hydrogens (tertiary/aromatic N) is 1. The Morgan fingerprint density at radius 2 is 2.06 bits per heavy atom. The van der Waals surface area contributed by atoms with Crippen LogP contribution >= 0.6 is 12.4 Å². The molecule has 0 fully saturated rings. The number of carbonyl (C=O) groups excluding carboxylic acids is 1. The third-order valence-electron chi connectivity index (χ3n) is 2.02. The molecule has 0 unspecified atom stereocenters. The van der Waals surface area contributed by atoms with E-state index in [1.54, 1.807) is 20.2 Å². The number of hydrogen-bond acceptors (Lipinski definition) is 3. The number of hydrogen-bond donors (Lipinski definition) is 1. The van der Waals surface area contributed by atoms with Crippen LogP contribution in [0, 0.1) is 6.92 Å². The quantitative estimate of drug-likeness (QED) is 0.820. The Morgan fingerprint density at radius 1 is 1.44 bits per heavy atom. The first-order valence-electron chi connectivity index (χ1n) is 4.70. The van der Waals surface area contributed by atoms with Gasteiger partial charge in [0.25, 0.3) is 5.91 Å². The number of nitrogens with two attached hydrogens (primary N) is 1.